The van der Waals surface area contributed by atoms with Crippen molar-refractivity contribution in [2.45, 2.75) is 32.9 Å². The zero-order chi connectivity index (χ0) is 12.9. The first-order chi connectivity index (χ1) is 7.93. The van der Waals surface area contributed by atoms with Crippen LogP contribution < -0.4 is 11.1 Å². The molecule has 0 bridgehead atoms. The SMILES string of the molecule is CCOC(C)(C)CNC(=O)Cn1ccc(N)n1. The summed E-state index contributed by atoms with van der Waals surface area (Å²) in [4.78, 5) is 11.6. The zero-order valence-electron chi connectivity index (χ0n) is 10.6. The Morgan fingerprint density at radius 1 is 1.65 bits per heavy atom. The number of hydrogen-bond donors (Lipinski definition) is 2. The van der Waals surface area contributed by atoms with Crippen LogP contribution in [0.4, 0.5) is 5.82 Å². The minimum Gasteiger partial charge on any atom is -0.382 e. The topological polar surface area (TPSA) is 82.2 Å². The van der Waals surface area contributed by atoms with E-state index in [-0.39, 0.29) is 18.1 Å². The summed E-state index contributed by atoms with van der Waals surface area (Å²) in [7, 11) is 0. The van der Waals surface area contributed by atoms with Crippen LogP contribution in [0, 0.1) is 0 Å². The Bertz CT molecular complexity index is 373. The van der Waals surface area contributed by atoms with Crippen LogP contribution in [-0.4, -0.2) is 34.4 Å². The molecule has 0 saturated heterocycles. The molecule has 0 spiro atoms. The van der Waals surface area contributed by atoms with Gasteiger partial charge in [0.05, 0.1) is 5.60 Å². The van der Waals surface area contributed by atoms with E-state index < -0.39 is 0 Å². The molecule has 0 aromatic carbocycles. The molecule has 17 heavy (non-hydrogen) atoms. The molecule has 6 nitrogen and oxygen atoms in total. The van der Waals surface area contributed by atoms with Crippen LogP contribution in [-0.2, 0) is 16.1 Å². The third kappa shape index (κ3) is 4.86. The number of nitrogens with two attached hydrogens (primary N) is 1. The van der Waals surface area contributed by atoms with Crippen LogP contribution in [0.1, 0.15) is 20.8 Å². The van der Waals surface area contributed by atoms with Crippen molar-refractivity contribution in [2.75, 3.05) is 18.9 Å². The Balaban J connectivity index is 2.35. The molecule has 0 fully saturated rings. The van der Waals surface area contributed by atoms with Gasteiger partial charge in [0.15, 0.2) is 0 Å². The average Bonchev–Trinajstić information content (AvgIpc) is 2.61. The number of nitrogens with zero attached hydrogens (tertiary/aromatic N) is 2. The van der Waals surface area contributed by atoms with Gasteiger partial charge in [-0.3, -0.25) is 9.48 Å². The highest BCUT2D eigenvalue weighted by molar-refractivity contribution is 5.75. The average molecular weight is 240 g/mol. The molecule has 1 heterocycles. The first kappa shape index (κ1) is 13.5. The molecule has 6 heteroatoms. The number of aromatic nitrogens is 2. The number of hydrogen-bond acceptors (Lipinski definition) is 4. The number of ether oxygens (including phenoxy) is 1. The summed E-state index contributed by atoms with van der Waals surface area (Å²) in [6.45, 7) is 7.05. The largest absolute Gasteiger partial charge is 0.382 e. The third-order valence-electron chi connectivity index (χ3n) is 2.21. The summed E-state index contributed by atoms with van der Waals surface area (Å²) in [5.41, 5.74) is 5.10. The van der Waals surface area contributed by atoms with Crippen molar-refractivity contribution in [1.29, 1.82) is 0 Å². The van der Waals surface area contributed by atoms with Crippen molar-refractivity contribution < 1.29 is 9.53 Å². The molecule has 1 aromatic rings. The van der Waals surface area contributed by atoms with Gasteiger partial charge in [-0.1, -0.05) is 0 Å². The van der Waals surface area contributed by atoms with E-state index in [4.69, 9.17) is 10.5 Å². The van der Waals surface area contributed by atoms with Gasteiger partial charge in [-0.15, -0.1) is 0 Å². The molecular formula is C11H20N4O2. The number of amides is 1. The molecule has 1 amide bonds. The predicted molar refractivity (Wildman–Crippen MR) is 65.4 cm³/mol. The van der Waals surface area contributed by atoms with E-state index in [2.05, 4.69) is 10.4 Å². The highest BCUT2D eigenvalue weighted by atomic mass is 16.5. The first-order valence-corrected chi connectivity index (χ1v) is 5.62. The second kappa shape index (κ2) is 5.67. The van der Waals surface area contributed by atoms with E-state index in [0.717, 1.165) is 0 Å². The Kier molecular flexibility index (Phi) is 4.51. The molecule has 0 atom stereocenters. The van der Waals surface area contributed by atoms with E-state index in [1.165, 1.54) is 4.68 Å². The summed E-state index contributed by atoms with van der Waals surface area (Å²) in [5.74, 6) is 0.299. The van der Waals surface area contributed by atoms with Gasteiger partial charge in [0.25, 0.3) is 0 Å². The fourth-order valence-electron chi connectivity index (χ4n) is 1.42. The second-order valence-electron chi connectivity index (χ2n) is 4.41. The second-order valence-corrected chi connectivity index (χ2v) is 4.41. The van der Waals surface area contributed by atoms with Gasteiger partial charge >= 0.3 is 0 Å². The van der Waals surface area contributed by atoms with Crippen LogP contribution in [0.5, 0.6) is 0 Å². The maximum atomic E-state index is 11.6. The van der Waals surface area contributed by atoms with Crippen LogP contribution in [0.2, 0.25) is 0 Å². The molecule has 96 valence electrons. The number of nitrogen functional groups attached to an aromatic ring is 1. The van der Waals surface area contributed by atoms with Crippen LogP contribution in [0.3, 0.4) is 0 Å². The Morgan fingerprint density at radius 2 is 2.35 bits per heavy atom. The summed E-state index contributed by atoms with van der Waals surface area (Å²) >= 11 is 0. The van der Waals surface area contributed by atoms with Crippen molar-refractivity contribution in [1.82, 2.24) is 15.1 Å². The van der Waals surface area contributed by atoms with E-state index >= 15 is 0 Å². The summed E-state index contributed by atoms with van der Waals surface area (Å²) in [6.07, 6.45) is 1.67. The van der Waals surface area contributed by atoms with E-state index in [1.54, 1.807) is 12.3 Å². The van der Waals surface area contributed by atoms with E-state index in [9.17, 15) is 4.79 Å². The molecule has 0 aliphatic rings. The first-order valence-electron chi connectivity index (χ1n) is 5.62. The van der Waals surface area contributed by atoms with Gasteiger partial charge in [0.1, 0.15) is 12.4 Å². The smallest absolute Gasteiger partial charge is 0.241 e. The standard InChI is InChI=1S/C11H20N4O2/c1-4-17-11(2,3)8-13-10(16)7-15-6-5-9(12)14-15/h5-6H,4,7-8H2,1-3H3,(H2,12,14)(H,13,16). The number of rotatable bonds is 6. The minimum atomic E-state index is -0.354. The number of nitrogens with one attached hydrogen (secondary N) is 1. The molecule has 1 rings (SSSR count). The molecule has 3 N–H and O–H groups in total. The van der Waals surface area contributed by atoms with Crippen molar-refractivity contribution in [3.8, 4) is 0 Å². The van der Waals surface area contributed by atoms with Gasteiger partial charge < -0.3 is 15.8 Å². The molecule has 1 aromatic heterocycles. The normalized spacial score (nSPS) is 11.5. The number of carbonyl (C=O) groups excluding carboxylic acids is 1. The number of anilines is 1. The van der Waals surface area contributed by atoms with E-state index in [0.29, 0.717) is 19.0 Å². The lowest BCUT2D eigenvalue weighted by Gasteiger charge is -2.24. The molecule has 0 saturated carbocycles. The Hall–Kier alpha value is -1.56. The van der Waals surface area contributed by atoms with Crippen LogP contribution in [0.25, 0.3) is 0 Å². The van der Waals surface area contributed by atoms with Gasteiger partial charge in [0.2, 0.25) is 5.91 Å². The molecule has 0 unspecified atom stereocenters. The Labute approximate surface area is 101 Å². The van der Waals surface area contributed by atoms with E-state index in [1.807, 2.05) is 20.8 Å². The molecular weight excluding hydrogens is 220 g/mol. The third-order valence-corrected chi connectivity index (χ3v) is 2.21. The van der Waals surface area contributed by atoms with Gasteiger partial charge in [-0.25, -0.2) is 0 Å². The fourth-order valence-corrected chi connectivity index (χ4v) is 1.42. The lowest BCUT2D eigenvalue weighted by Crippen LogP contribution is -2.41. The molecule has 0 radical (unpaired) electrons. The van der Waals surface area contributed by atoms with Crippen molar-refractivity contribution in [3.63, 3.8) is 0 Å². The van der Waals surface area contributed by atoms with Gasteiger partial charge in [-0.2, -0.15) is 5.10 Å². The van der Waals surface area contributed by atoms with Gasteiger partial charge in [-0.05, 0) is 26.8 Å². The monoisotopic (exact) mass is 240 g/mol. The van der Waals surface area contributed by atoms with Crippen molar-refractivity contribution in [3.05, 3.63) is 12.3 Å². The predicted octanol–water partition coefficient (Wildman–Crippen LogP) is 0.397. The van der Waals surface area contributed by atoms with Crippen LogP contribution in [0.15, 0.2) is 12.3 Å². The van der Waals surface area contributed by atoms with Crippen molar-refractivity contribution >= 4 is 11.7 Å². The highest BCUT2D eigenvalue weighted by Crippen LogP contribution is 2.06. The maximum Gasteiger partial charge on any atom is 0.241 e. The summed E-state index contributed by atoms with van der Waals surface area (Å²) < 4.78 is 6.98. The minimum absolute atomic E-state index is 0.110. The Morgan fingerprint density at radius 3 is 2.88 bits per heavy atom. The van der Waals surface area contributed by atoms with Crippen LogP contribution >= 0.6 is 0 Å². The van der Waals surface area contributed by atoms with Crippen molar-refractivity contribution in [2.24, 2.45) is 0 Å². The number of carbonyl (C=O) groups is 1. The quantitative estimate of drug-likeness (QED) is 0.754. The highest BCUT2D eigenvalue weighted by Gasteiger charge is 2.18. The lowest BCUT2D eigenvalue weighted by atomic mass is 10.1. The maximum absolute atomic E-state index is 11.6. The molecule has 0 aliphatic carbocycles. The van der Waals surface area contributed by atoms with Gasteiger partial charge in [0, 0.05) is 19.3 Å². The molecule has 0 aliphatic heterocycles. The zero-order valence-corrected chi connectivity index (χ0v) is 10.6. The fraction of sp³-hybridized carbons (Fsp3) is 0.636. The summed E-state index contributed by atoms with van der Waals surface area (Å²) in [5, 5.41) is 6.73. The summed E-state index contributed by atoms with van der Waals surface area (Å²) in [6, 6.07) is 1.65. The lowest BCUT2D eigenvalue weighted by molar-refractivity contribution is -0.123.